The Kier molecular flexibility index (Phi) is 5.66. The van der Waals surface area contributed by atoms with Crippen LogP contribution in [-0.2, 0) is 11.2 Å². The molecule has 0 spiro atoms. The summed E-state index contributed by atoms with van der Waals surface area (Å²) in [5, 5.41) is 16.1. The van der Waals surface area contributed by atoms with Crippen LogP contribution >= 0.6 is 0 Å². The van der Waals surface area contributed by atoms with Gasteiger partial charge in [-0.1, -0.05) is 6.92 Å². The fourth-order valence-electron chi connectivity index (χ4n) is 2.17. The molecule has 6 heteroatoms. The fraction of sp³-hybridized carbons (Fsp3) is 0.375. The predicted molar refractivity (Wildman–Crippen MR) is 81.2 cm³/mol. The van der Waals surface area contributed by atoms with E-state index in [0.29, 0.717) is 12.1 Å². The van der Waals surface area contributed by atoms with E-state index in [2.05, 4.69) is 10.4 Å². The van der Waals surface area contributed by atoms with Gasteiger partial charge in [-0.3, -0.25) is 4.79 Å². The molecule has 0 bridgehead atoms. The quantitative estimate of drug-likeness (QED) is 0.820. The van der Waals surface area contributed by atoms with Crippen molar-refractivity contribution in [2.45, 2.75) is 32.2 Å². The first-order chi connectivity index (χ1) is 10.6. The summed E-state index contributed by atoms with van der Waals surface area (Å²) in [7, 11) is 0. The van der Waals surface area contributed by atoms with Crippen molar-refractivity contribution in [3.63, 3.8) is 0 Å². The Morgan fingerprint density at radius 3 is 2.73 bits per heavy atom. The monoisotopic (exact) mass is 305 g/mol. The molecule has 0 saturated heterocycles. The molecule has 0 fully saturated rings. The van der Waals surface area contributed by atoms with Gasteiger partial charge in [0.15, 0.2) is 0 Å². The molecule has 2 rings (SSSR count). The number of carbonyl (C=O) groups is 1. The fourth-order valence-corrected chi connectivity index (χ4v) is 2.17. The van der Waals surface area contributed by atoms with E-state index in [0.717, 1.165) is 12.1 Å². The number of carbonyl (C=O) groups excluding carboxylic acids is 1. The minimum Gasteiger partial charge on any atom is -0.396 e. The maximum Gasteiger partial charge on any atom is 0.226 e. The van der Waals surface area contributed by atoms with Crippen LogP contribution in [-0.4, -0.2) is 33.4 Å². The number of amides is 1. The second-order valence-corrected chi connectivity index (χ2v) is 5.09. The van der Waals surface area contributed by atoms with E-state index in [9.17, 15) is 9.18 Å². The van der Waals surface area contributed by atoms with Gasteiger partial charge in [-0.15, -0.1) is 0 Å². The molecule has 0 aliphatic carbocycles. The van der Waals surface area contributed by atoms with Gasteiger partial charge in [0, 0.05) is 18.8 Å². The van der Waals surface area contributed by atoms with Crippen LogP contribution in [0.2, 0.25) is 0 Å². The van der Waals surface area contributed by atoms with Gasteiger partial charge in [0.25, 0.3) is 0 Å². The Bertz CT molecular complexity index is 610. The Morgan fingerprint density at radius 2 is 2.09 bits per heavy atom. The molecule has 0 aliphatic rings. The molecule has 1 unspecified atom stereocenters. The number of aliphatic hydroxyl groups is 1. The minimum atomic E-state index is -0.301. The van der Waals surface area contributed by atoms with Gasteiger partial charge in [-0.25, -0.2) is 9.07 Å². The molecule has 22 heavy (non-hydrogen) atoms. The summed E-state index contributed by atoms with van der Waals surface area (Å²) in [6.07, 6.45) is 3.24. The summed E-state index contributed by atoms with van der Waals surface area (Å²) in [4.78, 5) is 12.0. The number of hydrogen-bond donors (Lipinski definition) is 2. The highest BCUT2D eigenvalue weighted by molar-refractivity contribution is 5.78. The topological polar surface area (TPSA) is 67.2 Å². The molecule has 118 valence electrons. The zero-order valence-corrected chi connectivity index (χ0v) is 12.5. The molecule has 1 heterocycles. The van der Waals surface area contributed by atoms with Crippen molar-refractivity contribution in [3.8, 4) is 5.69 Å². The van der Waals surface area contributed by atoms with E-state index in [4.69, 9.17) is 5.11 Å². The van der Waals surface area contributed by atoms with Gasteiger partial charge >= 0.3 is 0 Å². The second kappa shape index (κ2) is 7.70. The van der Waals surface area contributed by atoms with Gasteiger partial charge in [0.1, 0.15) is 5.82 Å². The maximum absolute atomic E-state index is 12.9. The van der Waals surface area contributed by atoms with Gasteiger partial charge < -0.3 is 10.4 Å². The van der Waals surface area contributed by atoms with Crippen molar-refractivity contribution in [3.05, 3.63) is 48.0 Å². The third-order valence-electron chi connectivity index (χ3n) is 3.41. The van der Waals surface area contributed by atoms with Crippen LogP contribution in [0.1, 0.15) is 25.5 Å². The van der Waals surface area contributed by atoms with E-state index in [1.165, 1.54) is 12.1 Å². The molecule has 1 atom stereocenters. The summed E-state index contributed by atoms with van der Waals surface area (Å²) in [6.45, 7) is 2.02. The molecule has 0 aliphatic heterocycles. The van der Waals surface area contributed by atoms with Crippen molar-refractivity contribution in [1.82, 2.24) is 15.1 Å². The van der Waals surface area contributed by atoms with Crippen molar-refractivity contribution < 1.29 is 14.3 Å². The molecule has 2 aromatic rings. The van der Waals surface area contributed by atoms with E-state index in [1.54, 1.807) is 29.1 Å². The lowest BCUT2D eigenvalue weighted by atomic mass is 10.1. The molecule has 0 radical (unpaired) electrons. The normalized spacial score (nSPS) is 12.1. The van der Waals surface area contributed by atoms with Crippen LogP contribution in [0.3, 0.4) is 0 Å². The van der Waals surface area contributed by atoms with Gasteiger partial charge in [0.05, 0.1) is 17.8 Å². The van der Waals surface area contributed by atoms with E-state index >= 15 is 0 Å². The number of benzene rings is 1. The first-order valence-corrected chi connectivity index (χ1v) is 7.33. The molecule has 1 aromatic carbocycles. The number of aromatic nitrogens is 2. The molecular formula is C16H20FN3O2. The first kappa shape index (κ1) is 16.2. The summed E-state index contributed by atoms with van der Waals surface area (Å²) in [6, 6.07) is 7.72. The molecule has 5 nitrogen and oxygen atoms in total. The molecule has 1 amide bonds. The highest BCUT2D eigenvalue weighted by Crippen LogP contribution is 2.09. The van der Waals surface area contributed by atoms with Crippen LogP contribution in [0.25, 0.3) is 5.69 Å². The average molecular weight is 305 g/mol. The highest BCUT2D eigenvalue weighted by Gasteiger charge is 2.12. The van der Waals surface area contributed by atoms with Crippen molar-refractivity contribution >= 4 is 5.91 Å². The van der Waals surface area contributed by atoms with Gasteiger partial charge in [-0.05, 0) is 43.2 Å². The van der Waals surface area contributed by atoms with Crippen LogP contribution < -0.4 is 5.32 Å². The van der Waals surface area contributed by atoms with Gasteiger partial charge in [0.2, 0.25) is 5.91 Å². The third kappa shape index (κ3) is 4.39. The highest BCUT2D eigenvalue weighted by atomic mass is 19.1. The van der Waals surface area contributed by atoms with Crippen molar-refractivity contribution in [2.24, 2.45) is 0 Å². The lowest BCUT2D eigenvalue weighted by Crippen LogP contribution is -2.36. The summed E-state index contributed by atoms with van der Waals surface area (Å²) in [5.41, 5.74) is 1.38. The number of rotatable bonds is 7. The number of nitrogens with one attached hydrogen (secondary N) is 1. The zero-order valence-electron chi connectivity index (χ0n) is 12.5. The lowest BCUT2D eigenvalue weighted by molar-refractivity contribution is -0.121. The number of aliphatic hydroxyl groups excluding tert-OH is 1. The Labute approximate surface area is 128 Å². The standard InChI is InChI=1S/C16H20FN3O2/c1-2-13(8-10-21)18-16(22)11-14-7-9-20(19-14)15-5-3-12(17)4-6-15/h3-7,9,13,21H,2,8,10-11H2,1H3,(H,18,22). The molecule has 0 saturated carbocycles. The van der Waals surface area contributed by atoms with Crippen LogP contribution in [0, 0.1) is 5.82 Å². The molecule has 2 N–H and O–H groups in total. The smallest absolute Gasteiger partial charge is 0.226 e. The Hall–Kier alpha value is -2.21. The maximum atomic E-state index is 12.9. The van der Waals surface area contributed by atoms with Crippen LogP contribution in [0.4, 0.5) is 4.39 Å². The van der Waals surface area contributed by atoms with Crippen LogP contribution in [0.5, 0.6) is 0 Å². The Balaban J connectivity index is 1.97. The summed E-state index contributed by atoms with van der Waals surface area (Å²) in [5.74, 6) is -0.422. The Morgan fingerprint density at radius 1 is 1.36 bits per heavy atom. The van der Waals surface area contributed by atoms with E-state index in [-0.39, 0.29) is 30.8 Å². The summed E-state index contributed by atoms with van der Waals surface area (Å²) >= 11 is 0. The number of nitrogens with zero attached hydrogens (tertiary/aromatic N) is 2. The predicted octanol–water partition coefficient (Wildman–Crippen LogP) is 1.83. The number of halogens is 1. The third-order valence-corrected chi connectivity index (χ3v) is 3.41. The van der Waals surface area contributed by atoms with E-state index in [1.807, 2.05) is 6.92 Å². The lowest BCUT2D eigenvalue weighted by Gasteiger charge is -2.15. The van der Waals surface area contributed by atoms with Crippen molar-refractivity contribution in [1.29, 1.82) is 0 Å². The van der Waals surface area contributed by atoms with Crippen LogP contribution in [0.15, 0.2) is 36.5 Å². The number of hydrogen-bond acceptors (Lipinski definition) is 3. The van der Waals surface area contributed by atoms with Gasteiger partial charge in [-0.2, -0.15) is 5.10 Å². The SMILES string of the molecule is CCC(CCO)NC(=O)Cc1ccn(-c2ccc(F)cc2)n1. The second-order valence-electron chi connectivity index (χ2n) is 5.09. The minimum absolute atomic E-state index is 0.0170. The van der Waals surface area contributed by atoms with E-state index < -0.39 is 0 Å². The first-order valence-electron chi connectivity index (χ1n) is 7.33. The summed E-state index contributed by atoms with van der Waals surface area (Å²) < 4.78 is 14.5. The largest absolute Gasteiger partial charge is 0.396 e. The molecule has 1 aromatic heterocycles. The zero-order chi connectivity index (χ0) is 15.9. The van der Waals surface area contributed by atoms with Crippen molar-refractivity contribution in [2.75, 3.05) is 6.61 Å². The molecular weight excluding hydrogens is 285 g/mol. The average Bonchev–Trinajstić information content (AvgIpc) is 2.95.